The van der Waals surface area contributed by atoms with Crippen molar-refractivity contribution in [1.82, 2.24) is 10.6 Å². The van der Waals surface area contributed by atoms with Crippen LogP contribution in [0.25, 0.3) is 0 Å². The molecule has 0 aliphatic heterocycles. The molecule has 2 aromatic rings. The largest absolute Gasteiger partial charge is 0.467 e. The smallest absolute Gasteiger partial charge is 0.251 e. The van der Waals surface area contributed by atoms with Gasteiger partial charge in [-0.2, -0.15) is 0 Å². The highest BCUT2D eigenvalue weighted by Crippen LogP contribution is 2.19. The molecule has 0 fully saturated rings. The standard InChI is InChI=1S/C21H24N2O3/c24-20(22-12-11-16-6-2-1-3-7-16)17-8-4-9-18(14-17)21(25)23-15-19-10-5-13-26-19/h4-6,8-10,13-14H,1-3,7,11-12,15H2,(H,22,24)(H,23,25). The minimum atomic E-state index is -0.233. The van der Waals surface area contributed by atoms with Crippen LogP contribution in [0, 0.1) is 0 Å². The first-order valence-corrected chi connectivity index (χ1v) is 9.09. The maximum atomic E-state index is 12.3. The Labute approximate surface area is 153 Å². The van der Waals surface area contributed by atoms with Crippen molar-refractivity contribution in [3.8, 4) is 0 Å². The zero-order valence-electron chi connectivity index (χ0n) is 14.8. The summed E-state index contributed by atoms with van der Waals surface area (Å²) in [6, 6.07) is 10.3. The van der Waals surface area contributed by atoms with Crippen LogP contribution < -0.4 is 10.6 Å². The third-order valence-corrected chi connectivity index (χ3v) is 4.51. The fourth-order valence-electron chi connectivity index (χ4n) is 3.05. The molecule has 0 saturated carbocycles. The van der Waals surface area contributed by atoms with Crippen molar-refractivity contribution in [2.75, 3.05) is 6.54 Å². The van der Waals surface area contributed by atoms with Crippen LogP contribution in [0.5, 0.6) is 0 Å². The van der Waals surface area contributed by atoms with E-state index in [9.17, 15) is 9.59 Å². The van der Waals surface area contributed by atoms with Crippen molar-refractivity contribution in [2.45, 2.75) is 38.6 Å². The number of benzene rings is 1. The molecular weight excluding hydrogens is 328 g/mol. The number of rotatable bonds is 7. The first kappa shape index (κ1) is 18.0. The summed E-state index contributed by atoms with van der Waals surface area (Å²) >= 11 is 0. The van der Waals surface area contributed by atoms with Gasteiger partial charge in [0.2, 0.25) is 0 Å². The minimum Gasteiger partial charge on any atom is -0.467 e. The molecule has 0 unspecified atom stereocenters. The summed E-state index contributed by atoms with van der Waals surface area (Å²) in [6.07, 6.45) is 9.56. The second kappa shape index (κ2) is 9.04. The van der Waals surface area contributed by atoms with Crippen molar-refractivity contribution in [2.24, 2.45) is 0 Å². The molecule has 136 valence electrons. The average Bonchev–Trinajstić information content (AvgIpc) is 3.20. The van der Waals surface area contributed by atoms with Crippen molar-refractivity contribution in [1.29, 1.82) is 0 Å². The molecule has 0 spiro atoms. The lowest BCUT2D eigenvalue weighted by Crippen LogP contribution is -2.26. The Morgan fingerprint density at radius 2 is 1.81 bits per heavy atom. The van der Waals surface area contributed by atoms with Crippen LogP contribution in [-0.2, 0) is 6.54 Å². The molecular formula is C21H24N2O3. The van der Waals surface area contributed by atoms with Crippen LogP contribution >= 0.6 is 0 Å². The Kier molecular flexibility index (Phi) is 6.25. The summed E-state index contributed by atoms with van der Waals surface area (Å²) in [5.41, 5.74) is 2.38. The van der Waals surface area contributed by atoms with E-state index in [0.717, 1.165) is 19.3 Å². The van der Waals surface area contributed by atoms with Gasteiger partial charge in [0, 0.05) is 17.7 Å². The number of carbonyl (C=O) groups excluding carboxylic acids is 2. The van der Waals surface area contributed by atoms with Gasteiger partial charge in [0.15, 0.2) is 0 Å². The lowest BCUT2D eigenvalue weighted by molar-refractivity contribution is 0.0948. The number of carbonyl (C=O) groups is 2. The van der Waals surface area contributed by atoms with Crippen molar-refractivity contribution in [3.63, 3.8) is 0 Å². The van der Waals surface area contributed by atoms with E-state index in [1.54, 1.807) is 42.7 Å². The van der Waals surface area contributed by atoms with E-state index >= 15 is 0 Å². The molecule has 26 heavy (non-hydrogen) atoms. The van der Waals surface area contributed by atoms with E-state index < -0.39 is 0 Å². The van der Waals surface area contributed by atoms with Gasteiger partial charge in [0.25, 0.3) is 11.8 Å². The highest BCUT2D eigenvalue weighted by atomic mass is 16.3. The Hall–Kier alpha value is -2.82. The van der Waals surface area contributed by atoms with E-state index in [1.165, 1.54) is 18.4 Å². The number of furan rings is 1. The molecule has 2 N–H and O–H groups in total. The van der Waals surface area contributed by atoms with Gasteiger partial charge in [-0.3, -0.25) is 9.59 Å². The zero-order valence-corrected chi connectivity index (χ0v) is 14.8. The number of hydrogen-bond acceptors (Lipinski definition) is 3. The van der Waals surface area contributed by atoms with E-state index in [0.29, 0.717) is 30.0 Å². The van der Waals surface area contributed by atoms with Gasteiger partial charge >= 0.3 is 0 Å². The Morgan fingerprint density at radius 1 is 1.00 bits per heavy atom. The molecule has 5 nitrogen and oxygen atoms in total. The fraction of sp³-hybridized carbons (Fsp3) is 0.333. The predicted molar refractivity (Wildman–Crippen MR) is 99.8 cm³/mol. The Bertz CT molecular complexity index is 778. The summed E-state index contributed by atoms with van der Waals surface area (Å²) in [5, 5.41) is 5.72. The van der Waals surface area contributed by atoms with E-state index in [1.807, 2.05) is 0 Å². The summed E-state index contributed by atoms with van der Waals surface area (Å²) < 4.78 is 5.19. The topological polar surface area (TPSA) is 71.3 Å². The van der Waals surface area contributed by atoms with Gasteiger partial charge < -0.3 is 15.1 Å². The van der Waals surface area contributed by atoms with Crippen LogP contribution in [-0.4, -0.2) is 18.4 Å². The third-order valence-electron chi connectivity index (χ3n) is 4.51. The first-order chi connectivity index (χ1) is 12.7. The Balaban J connectivity index is 1.51. The van der Waals surface area contributed by atoms with Gasteiger partial charge in [-0.25, -0.2) is 0 Å². The maximum Gasteiger partial charge on any atom is 0.251 e. The van der Waals surface area contributed by atoms with Crippen LogP contribution in [0.1, 0.15) is 58.6 Å². The molecule has 2 amide bonds. The van der Waals surface area contributed by atoms with Crippen molar-refractivity contribution >= 4 is 11.8 Å². The van der Waals surface area contributed by atoms with E-state index in [4.69, 9.17) is 4.42 Å². The van der Waals surface area contributed by atoms with E-state index in [-0.39, 0.29) is 11.8 Å². The van der Waals surface area contributed by atoms with Gasteiger partial charge in [0.05, 0.1) is 12.8 Å². The quantitative estimate of drug-likeness (QED) is 0.744. The van der Waals surface area contributed by atoms with Gasteiger partial charge in [-0.05, 0) is 62.4 Å². The summed E-state index contributed by atoms with van der Waals surface area (Å²) in [4.78, 5) is 24.6. The molecule has 5 heteroatoms. The second-order valence-electron chi connectivity index (χ2n) is 6.46. The number of allylic oxidation sites excluding steroid dienone is 1. The van der Waals surface area contributed by atoms with Crippen LogP contribution in [0.2, 0.25) is 0 Å². The SMILES string of the molecule is O=C(NCCC1=CCCCC1)c1cccc(C(=O)NCc2ccco2)c1. The lowest BCUT2D eigenvalue weighted by atomic mass is 9.97. The van der Waals surface area contributed by atoms with Gasteiger partial charge in [0.1, 0.15) is 5.76 Å². The molecule has 0 saturated heterocycles. The molecule has 0 radical (unpaired) electrons. The molecule has 0 bridgehead atoms. The fourth-order valence-corrected chi connectivity index (χ4v) is 3.05. The molecule has 3 rings (SSSR count). The average molecular weight is 352 g/mol. The lowest BCUT2D eigenvalue weighted by Gasteiger charge is -2.13. The molecule has 1 heterocycles. The normalized spacial score (nSPS) is 13.8. The summed E-state index contributed by atoms with van der Waals surface area (Å²) in [7, 11) is 0. The molecule has 1 aromatic carbocycles. The number of nitrogens with one attached hydrogen (secondary N) is 2. The highest BCUT2D eigenvalue weighted by Gasteiger charge is 2.11. The maximum absolute atomic E-state index is 12.3. The molecule has 1 aromatic heterocycles. The van der Waals surface area contributed by atoms with E-state index in [2.05, 4.69) is 16.7 Å². The number of hydrogen-bond donors (Lipinski definition) is 2. The van der Waals surface area contributed by atoms with Crippen LogP contribution in [0.3, 0.4) is 0 Å². The highest BCUT2D eigenvalue weighted by molar-refractivity contribution is 5.99. The predicted octanol–water partition coefficient (Wildman–Crippen LogP) is 3.83. The van der Waals surface area contributed by atoms with Crippen molar-refractivity contribution in [3.05, 3.63) is 71.2 Å². The summed E-state index contributed by atoms with van der Waals surface area (Å²) in [5.74, 6) is 0.301. The van der Waals surface area contributed by atoms with Crippen molar-refractivity contribution < 1.29 is 14.0 Å². The van der Waals surface area contributed by atoms with Crippen LogP contribution in [0.15, 0.2) is 58.7 Å². The minimum absolute atomic E-state index is 0.151. The van der Waals surface area contributed by atoms with Gasteiger partial charge in [-0.1, -0.05) is 17.7 Å². The molecule has 1 aliphatic rings. The second-order valence-corrected chi connectivity index (χ2v) is 6.46. The Morgan fingerprint density at radius 3 is 2.50 bits per heavy atom. The zero-order chi connectivity index (χ0) is 18.2. The monoisotopic (exact) mass is 352 g/mol. The first-order valence-electron chi connectivity index (χ1n) is 9.09. The van der Waals surface area contributed by atoms with Gasteiger partial charge in [-0.15, -0.1) is 0 Å². The number of amides is 2. The summed E-state index contributed by atoms with van der Waals surface area (Å²) in [6.45, 7) is 0.941. The van der Waals surface area contributed by atoms with Crippen LogP contribution in [0.4, 0.5) is 0 Å². The third kappa shape index (κ3) is 5.09. The molecule has 1 aliphatic carbocycles. The molecule has 0 atom stereocenters.